The molecule has 0 radical (unpaired) electrons. The number of piperazine rings is 1. The summed E-state index contributed by atoms with van der Waals surface area (Å²) < 4.78 is 1.07. The van der Waals surface area contributed by atoms with Crippen molar-refractivity contribution in [2.24, 2.45) is 5.10 Å². The van der Waals surface area contributed by atoms with Crippen molar-refractivity contribution in [2.45, 2.75) is 33.6 Å². The number of thiazole rings is 1. The number of hydrazone groups is 1. The summed E-state index contributed by atoms with van der Waals surface area (Å²) in [6, 6.07) is 3.91. The molecule has 140 valence electrons. The normalized spacial score (nSPS) is 14.6. The van der Waals surface area contributed by atoms with Crippen LogP contribution in [-0.4, -0.2) is 47.7 Å². The zero-order chi connectivity index (χ0) is 18.7. The van der Waals surface area contributed by atoms with E-state index in [2.05, 4.69) is 15.4 Å². The van der Waals surface area contributed by atoms with Crippen molar-refractivity contribution in [3.05, 3.63) is 17.2 Å². The van der Waals surface area contributed by atoms with Crippen LogP contribution in [0.3, 0.4) is 0 Å². The summed E-state index contributed by atoms with van der Waals surface area (Å²) in [7, 11) is 0. The lowest BCUT2D eigenvalue weighted by molar-refractivity contribution is -0.131. The lowest BCUT2D eigenvalue weighted by Crippen LogP contribution is -2.48. The van der Waals surface area contributed by atoms with Crippen LogP contribution in [0, 0.1) is 0 Å². The fourth-order valence-corrected chi connectivity index (χ4v) is 4.10. The van der Waals surface area contributed by atoms with E-state index in [-0.39, 0.29) is 5.91 Å². The molecule has 0 atom stereocenters. The molecule has 6 nitrogen and oxygen atoms in total. The molecule has 1 amide bonds. The fraction of sp³-hybridized carbons (Fsp3) is 0.500. The minimum absolute atomic E-state index is 0.240. The third-order valence-corrected chi connectivity index (χ3v) is 5.50. The van der Waals surface area contributed by atoms with Crippen molar-refractivity contribution in [2.75, 3.05) is 36.5 Å². The molecular weight excluding hydrogens is 370 g/mol. The number of anilines is 2. The highest BCUT2D eigenvalue weighted by Crippen LogP contribution is 2.38. The lowest BCUT2D eigenvalue weighted by atomic mass is 10.2. The number of aromatic nitrogens is 1. The van der Waals surface area contributed by atoms with Gasteiger partial charge in [-0.2, -0.15) is 5.10 Å². The predicted molar refractivity (Wildman–Crippen MR) is 111 cm³/mol. The van der Waals surface area contributed by atoms with Crippen molar-refractivity contribution >= 4 is 55.6 Å². The van der Waals surface area contributed by atoms with Crippen molar-refractivity contribution in [3.63, 3.8) is 0 Å². The van der Waals surface area contributed by atoms with Crippen LogP contribution in [0.2, 0.25) is 5.02 Å². The Balaban J connectivity index is 1.82. The Labute approximate surface area is 162 Å². The van der Waals surface area contributed by atoms with Gasteiger partial charge in [-0.25, -0.2) is 4.98 Å². The molecule has 2 heterocycles. The van der Waals surface area contributed by atoms with Crippen molar-refractivity contribution in [1.29, 1.82) is 0 Å². The molecule has 26 heavy (non-hydrogen) atoms. The predicted octanol–water partition coefficient (Wildman–Crippen LogP) is 4.21. The van der Waals surface area contributed by atoms with Gasteiger partial charge in [0.25, 0.3) is 0 Å². The third kappa shape index (κ3) is 4.10. The van der Waals surface area contributed by atoms with Crippen LogP contribution in [0.5, 0.6) is 0 Å². The van der Waals surface area contributed by atoms with Gasteiger partial charge in [-0.1, -0.05) is 29.9 Å². The average molecular weight is 394 g/mol. The number of halogens is 1. The highest BCUT2D eigenvalue weighted by Gasteiger charge is 2.24. The van der Waals surface area contributed by atoms with E-state index in [0.717, 1.165) is 59.3 Å². The molecule has 2 aromatic rings. The van der Waals surface area contributed by atoms with Gasteiger partial charge < -0.3 is 9.80 Å². The Morgan fingerprint density at radius 1 is 1.31 bits per heavy atom. The lowest BCUT2D eigenvalue weighted by Gasteiger charge is -2.36. The van der Waals surface area contributed by atoms with E-state index in [1.807, 2.05) is 37.8 Å². The molecule has 0 unspecified atom stereocenters. The zero-order valence-corrected chi connectivity index (χ0v) is 17.0. The molecule has 3 rings (SSSR count). The summed E-state index contributed by atoms with van der Waals surface area (Å²) >= 11 is 8.08. The SMILES string of the molecule is CCCC(=O)N1CCN(c2c(Cl)ccc3sc(NN=C(C)C)nc23)CC1. The van der Waals surface area contributed by atoms with Crippen molar-refractivity contribution < 1.29 is 4.79 Å². The number of benzene rings is 1. The van der Waals surface area contributed by atoms with Crippen LogP contribution in [0.4, 0.5) is 10.8 Å². The number of nitrogens with zero attached hydrogens (tertiary/aromatic N) is 4. The first-order valence-electron chi connectivity index (χ1n) is 8.88. The highest BCUT2D eigenvalue weighted by molar-refractivity contribution is 7.22. The maximum Gasteiger partial charge on any atom is 0.222 e. The number of rotatable bonds is 5. The van der Waals surface area contributed by atoms with Gasteiger partial charge in [-0.15, -0.1) is 0 Å². The average Bonchev–Trinajstić information content (AvgIpc) is 3.03. The van der Waals surface area contributed by atoms with Crippen molar-refractivity contribution in [3.8, 4) is 0 Å². The molecule has 0 bridgehead atoms. The zero-order valence-electron chi connectivity index (χ0n) is 15.4. The second-order valence-electron chi connectivity index (χ2n) is 6.55. The molecule has 1 aromatic heterocycles. The first kappa shape index (κ1) is 18.9. The van der Waals surface area contributed by atoms with Gasteiger partial charge in [0, 0.05) is 38.3 Å². The van der Waals surface area contributed by atoms with E-state index < -0.39 is 0 Å². The number of nitrogens with one attached hydrogen (secondary N) is 1. The highest BCUT2D eigenvalue weighted by atomic mass is 35.5. The topological polar surface area (TPSA) is 60.8 Å². The van der Waals surface area contributed by atoms with Gasteiger partial charge in [0.1, 0.15) is 5.52 Å². The van der Waals surface area contributed by atoms with Gasteiger partial charge >= 0.3 is 0 Å². The molecule has 1 aliphatic heterocycles. The van der Waals surface area contributed by atoms with Crippen LogP contribution in [0.1, 0.15) is 33.6 Å². The Morgan fingerprint density at radius 3 is 2.69 bits per heavy atom. The second-order valence-corrected chi connectivity index (χ2v) is 7.99. The number of hydrogen-bond donors (Lipinski definition) is 1. The van der Waals surface area contributed by atoms with E-state index >= 15 is 0 Å². The van der Waals surface area contributed by atoms with E-state index in [1.54, 1.807) is 11.3 Å². The molecule has 1 N–H and O–H groups in total. The summed E-state index contributed by atoms with van der Waals surface area (Å²) in [6.45, 7) is 8.87. The van der Waals surface area contributed by atoms with E-state index in [0.29, 0.717) is 11.4 Å². The Bertz CT molecular complexity index is 822. The molecule has 0 spiro atoms. The summed E-state index contributed by atoms with van der Waals surface area (Å²) in [6.07, 6.45) is 1.51. The molecule has 1 saturated heterocycles. The summed E-state index contributed by atoms with van der Waals surface area (Å²) in [5.74, 6) is 0.240. The summed E-state index contributed by atoms with van der Waals surface area (Å²) in [5, 5.41) is 5.67. The van der Waals surface area contributed by atoms with Gasteiger partial charge in [-0.05, 0) is 32.4 Å². The number of fused-ring (bicyclic) bond motifs is 1. The third-order valence-electron chi connectivity index (χ3n) is 4.27. The maximum atomic E-state index is 12.1. The second kappa shape index (κ2) is 8.22. The number of hydrogen-bond acceptors (Lipinski definition) is 6. The van der Waals surface area contributed by atoms with Crippen LogP contribution < -0.4 is 10.3 Å². The first-order chi connectivity index (χ1) is 12.5. The van der Waals surface area contributed by atoms with Crippen LogP contribution >= 0.6 is 22.9 Å². The Hall–Kier alpha value is -1.86. The minimum Gasteiger partial charge on any atom is -0.365 e. The van der Waals surface area contributed by atoms with Crippen LogP contribution in [0.25, 0.3) is 10.2 Å². The molecule has 1 aromatic carbocycles. The van der Waals surface area contributed by atoms with Gasteiger partial charge in [0.2, 0.25) is 11.0 Å². The molecule has 0 saturated carbocycles. The number of carbonyl (C=O) groups is 1. The Morgan fingerprint density at radius 2 is 2.04 bits per heavy atom. The first-order valence-corrected chi connectivity index (χ1v) is 10.1. The Kier molecular flexibility index (Phi) is 5.98. The van der Waals surface area contributed by atoms with Crippen molar-refractivity contribution in [1.82, 2.24) is 9.88 Å². The minimum atomic E-state index is 0.240. The quantitative estimate of drug-likeness (QED) is 0.610. The van der Waals surface area contributed by atoms with E-state index in [4.69, 9.17) is 16.6 Å². The largest absolute Gasteiger partial charge is 0.365 e. The molecule has 1 fully saturated rings. The van der Waals surface area contributed by atoms with Gasteiger partial charge in [0.05, 0.1) is 15.4 Å². The number of amides is 1. The van der Waals surface area contributed by atoms with E-state index in [9.17, 15) is 4.79 Å². The molecular formula is C18H24ClN5OS. The smallest absolute Gasteiger partial charge is 0.222 e. The van der Waals surface area contributed by atoms with Crippen LogP contribution in [0.15, 0.2) is 17.2 Å². The van der Waals surface area contributed by atoms with E-state index in [1.165, 1.54) is 0 Å². The maximum absolute atomic E-state index is 12.1. The van der Waals surface area contributed by atoms with Crippen LogP contribution in [-0.2, 0) is 4.79 Å². The number of carbonyl (C=O) groups excluding carboxylic acids is 1. The fourth-order valence-electron chi connectivity index (χ4n) is 3.02. The van der Waals surface area contributed by atoms with Gasteiger partial charge in [-0.3, -0.25) is 10.2 Å². The summed E-state index contributed by atoms with van der Waals surface area (Å²) in [5.41, 5.74) is 5.78. The molecule has 8 heteroatoms. The molecule has 1 aliphatic rings. The summed E-state index contributed by atoms with van der Waals surface area (Å²) in [4.78, 5) is 21.0. The molecule has 0 aliphatic carbocycles. The monoisotopic (exact) mass is 393 g/mol. The van der Waals surface area contributed by atoms with Gasteiger partial charge in [0.15, 0.2) is 0 Å². The standard InChI is InChI=1S/C18H24ClN5OS/c1-4-5-15(25)23-8-10-24(11-9-23)17-13(19)6-7-14-16(17)20-18(26-14)22-21-12(2)3/h6-7H,4-5,8-11H2,1-3H3,(H,20,22).